The van der Waals surface area contributed by atoms with Gasteiger partial charge in [-0.3, -0.25) is 4.84 Å². The summed E-state index contributed by atoms with van der Waals surface area (Å²) in [7, 11) is 1.69. The second-order valence-electron chi connectivity index (χ2n) is 1.13. The highest BCUT2D eigenvalue weighted by Crippen LogP contribution is 1.71. The molecular weight excluding hydrogens is 106 g/mol. The number of hydrazine groups is 1. The van der Waals surface area contributed by atoms with Crippen LogP contribution >= 0.6 is 0 Å². The van der Waals surface area contributed by atoms with E-state index >= 15 is 0 Å². The molecule has 0 heterocycles. The Balaban J connectivity index is 3.03. The van der Waals surface area contributed by atoms with Crippen LogP contribution in [0.5, 0.6) is 0 Å². The van der Waals surface area contributed by atoms with Crippen molar-refractivity contribution >= 4 is 0 Å². The zero-order valence-corrected chi connectivity index (χ0v) is 4.92. The molecule has 0 spiro atoms. The van der Waals surface area contributed by atoms with E-state index in [1.54, 1.807) is 7.05 Å². The highest BCUT2D eigenvalue weighted by molar-refractivity contribution is 4.55. The number of rotatable bonds is 4. The molecule has 0 aliphatic rings. The van der Waals surface area contributed by atoms with E-state index in [1.807, 2.05) is 0 Å². The number of nitrogens with zero attached hydrogens (tertiary/aromatic N) is 1. The number of hydrogen-bond donors (Lipinski definition) is 2. The van der Waals surface area contributed by atoms with Gasteiger partial charge in [0.15, 0.2) is 0 Å². The molecule has 4 heteroatoms. The van der Waals surface area contributed by atoms with Crippen molar-refractivity contribution < 1.29 is 4.84 Å². The van der Waals surface area contributed by atoms with Gasteiger partial charge in [0.25, 0.3) is 0 Å². The van der Waals surface area contributed by atoms with Gasteiger partial charge in [0, 0.05) is 13.2 Å². The minimum absolute atomic E-state index is 0.164. The Bertz CT molecular complexity index is 66.3. The molecule has 0 aliphatic carbocycles. The number of hydroxylamine groups is 1. The van der Waals surface area contributed by atoms with Gasteiger partial charge in [0.1, 0.15) is 6.73 Å². The van der Waals surface area contributed by atoms with Gasteiger partial charge in [-0.2, -0.15) is 0 Å². The average molecular weight is 117 g/mol. The largest absolute Gasteiger partial charge is 0.307 e. The van der Waals surface area contributed by atoms with E-state index in [1.165, 1.54) is 11.4 Å². The molecule has 0 aromatic heterocycles. The van der Waals surface area contributed by atoms with E-state index in [9.17, 15) is 0 Å². The third-order valence-corrected chi connectivity index (χ3v) is 0.541. The van der Waals surface area contributed by atoms with E-state index in [4.69, 9.17) is 10.6 Å². The zero-order valence-electron chi connectivity index (χ0n) is 4.92. The van der Waals surface area contributed by atoms with Crippen LogP contribution in [0.4, 0.5) is 0 Å². The first kappa shape index (κ1) is 7.42. The Morgan fingerprint density at radius 2 is 2.62 bits per heavy atom. The SMILES string of the molecule is C=CNN(C)OCN. The van der Waals surface area contributed by atoms with Crippen molar-refractivity contribution in [1.82, 2.24) is 10.6 Å². The Morgan fingerprint density at radius 3 is 3.00 bits per heavy atom. The first-order valence-corrected chi connectivity index (χ1v) is 2.25. The fraction of sp³-hybridized carbons (Fsp3) is 0.500. The molecule has 8 heavy (non-hydrogen) atoms. The smallest absolute Gasteiger partial charge is 0.118 e. The van der Waals surface area contributed by atoms with Crippen LogP contribution in [0.2, 0.25) is 0 Å². The summed E-state index contributed by atoms with van der Waals surface area (Å²) >= 11 is 0. The van der Waals surface area contributed by atoms with Crippen molar-refractivity contribution in [2.75, 3.05) is 13.8 Å². The van der Waals surface area contributed by atoms with Crippen molar-refractivity contribution in [2.24, 2.45) is 5.73 Å². The fourth-order valence-corrected chi connectivity index (χ4v) is 0.278. The van der Waals surface area contributed by atoms with E-state index in [2.05, 4.69) is 12.0 Å². The lowest BCUT2D eigenvalue weighted by Gasteiger charge is -2.13. The molecule has 3 N–H and O–H groups in total. The summed E-state index contributed by atoms with van der Waals surface area (Å²) < 4.78 is 0. The highest BCUT2D eigenvalue weighted by atomic mass is 16.7. The Morgan fingerprint density at radius 1 is 2.00 bits per heavy atom. The maximum atomic E-state index is 5.02. The molecule has 0 atom stereocenters. The molecule has 0 saturated carbocycles. The monoisotopic (exact) mass is 117 g/mol. The molecule has 0 saturated heterocycles. The van der Waals surface area contributed by atoms with E-state index in [0.29, 0.717) is 0 Å². The average Bonchev–Trinajstić information content (AvgIpc) is 1.68. The van der Waals surface area contributed by atoms with Gasteiger partial charge in [-0.05, 0) is 0 Å². The van der Waals surface area contributed by atoms with Crippen LogP contribution in [0.1, 0.15) is 0 Å². The molecule has 4 nitrogen and oxygen atoms in total. The van der Waals surface area contributed by atoms with E-state index in [-0.39, 0.29) is 6.73 Å². The quantitative estimate of drug-likeness (QED) is 0.382. The molecule has 48 valence electrons. The second kappa shape index (κ2) is 4.58. The summed E-state index contributed by atoms with van der Waals surface area (Å²) in [4.78, 5) is 4.71. The third-order valence-electron chi connectivity index (χ3n) is 0.541. The first-order valence-electron chi connectivity index (χ1n) is 2.25. The molecule has 0 amide bonds. The summed E-state index contributed by atoms with van der Waals surface area (Å²) in [5.41, 5.74) is 7.66. The molecule has 0 aromatic carbocycles. The standard InChI is InChI=1S/C4H11N3O/c1-3-6-7(2)8-4-5/h3,6H,1,4-5H2,2H3. The van der Waals surface area contributed by atoms with E-state index < -0.39 is 0 Å². The lowest BCUT2D eigenvalue weighted by molar-refractivity contribution is -0.164. The van der Waals surface area contributed by atoms with Crippen LogP contribution in [0.15, 0.2) is 12.8 Å². The summed E-state index contributed by atoms with van der Waals surface area (Å²) in [6, 6.07) is 0. The van der Waals surface area contributed by atoms with Crippen molar-refractivity contribution in [3.05, 3.63) is 12.8 Å². The lowest BCUT2D eigenvalue weighted by atomic mass is 11.1. The van der Waals surface area contributed by atoms with Gasteiger partial charge in [0.05, 0.1) is 0 Å². The summed E-state index contributed by atoms with van der Waals surface area (Å²) in [5.74, 6) is 0. The number of nitrogens with two attached hydrogens (primary N) is 1. The van der Waals surface area contributed by atoms with Crippen molar-refractivity contribution in [1.29, 1.82) is 0 Å². The fourth-order valence-electron chi connectivity index (χ4n) is 0.278. The summed E-state index contributed by atoms with van der Waals surface area (Å²) in [6.45, 7) is 3.57. The Labute approximate surface area is 48.8 Å². The topological polar surface area (TPSA) is 50.5 Å². The van der Waals surface area contributed by atoms with Gasteiger partial charge < -0.3 is 11.2 Å². The summed E-state index contributed by atoms with van der Waals surface area (Å²) in [5, 5.41) is 1.37. The van der Waals surface area contributed by atoms with Gasteiger partial charge >= 0.3 is 0 Å². The lowest BCUT2D eigenvalue weighted by Crippen LogP contribution is -2.31. The summed E-state index contributed by atoms with van der Waals surface area (Å²) in [6.07, 6.45) is 1.50. The molecule has 0 rings (SSSR count). The Kier molecular flexibility index (Phi) is 4.24. The Hall–Kier alpha value is -0.580. The normalized spacial score (nSPS) is 9.38. The number of hydrogen-bond acceptors (Lipinski definition) is 4. The van der Waals surface area contributed by atoms with Crippen LogP contribution in [0.3, 0.4) is 0 Å². The molecule has 0 bridgehead atoms. The minimum atomic E-state index is 0.164. The molecule has 0 radical (unpaired) electrons. The van der Waals surface area contributed by atoms with Gasteiger partial charge in [-0.15, -0.1) is 5.17 Å². The van der Waals surface area contributed by atoms with Crippen LogP contribution < -0.4 is 11.2 Å². The van der Waals surface area contributed by atoms with Crippen LogP contribution in [-0.4, -0.2) is 19.0 Å². The van der Waals surface area contributed by atoms with Crippen LogP contribution in [-0.2, 0) is 4.84 Å². The van der Waals surface area contributed by atoms with Gasteiger partial charge in [-0.25, -0.2) is 0 Å². The van der Waals surface area contributed by atoms with Crippen molar-refractivity contribution in [3.8, 4) is 0 Å². The van der Waals surface area contributed by atoms with Crippen molar-refractivity contribution in [2.45, 2.75) is 0 Å². The highest BCUT2D eigenvalue weighted by Gasteiger charge is 1.86. The second-order valence-corrected chi connectivity index (χ2v) is 1.13. The van der Waals surface area contributed by atoms with Gasteiger partial charge in [-0.1, -0.05) is 6.58 Å². The van der Waals surface area contributed by atoms with Crippen molar-refractivity contribution in [3.63, 3.8) is 0 Å². The first-order chi connectivity index (χ1) is 3.81. The predicted molar refractivity (Wildman–Crippen MR) is 31.2 cm³/mol. The molecule has 0 unspecified atom stereocenters. The van der Waals surface area contributed by atoms with Crippen LogP contribution in [0, 0.1) is 0 Å². The van der Waals surface area contributed by atoms with Crippen LogP contribution in [0.25, 0.3) is 0 Å². The molecular formula is C4H11N3O. The molecule has 0 aromatic rings. The predicted octanol–water partition coefficient (Wildman–Crippen LogP) is -0.586. The molecule has 0 aliphatic heterocycles. The van der Waals surface area contributed by atoms with E-state index in [0.717, 1.165) is 0 Å². The van der Waals surface area contributed by atoms with Gasteiger partial charge in [0.2, 0.25) is 0 Å². The molecule has 0 fully saturated rings. The zero-order chi connectivity index (χ0) is 6.41. The minimum Gasteiger partial charge on any atom is -0.307 e. The maximum Gasteiger partial charge on any atom is 0.118 e. The third kappa shape index (κ3) is 3.60. The number of nitrogens with one attached hydrogen (secondary N) is 1. The maximum absolute atomic E-state index is 5.02.